The second kappa shape index (κ2) is 7.72. The molecule has 1 amide bonds. The predicted molar refractivity (Wildman–Crippen MR) is 112 cm³/mol. The maximum atomic E-state index is 13.0. The van der Waals surface area contributed by atoms with Crippen LogP contribution in [-0.4, -0.2) is 16.9 Å². The molecule has 3 nitrogen and oxygen atoms in total. The van der Waals surface area contributed by atoms with Gasteiger partial charge in [0, 0.05) is 28.3 Å². The third-order valence-corrected chi connectivity index (χ3v) is 5.39. The molecule has 0 aliphatic carbocycles. The Morgan fingerprint density at radius 2 is 1.81 bits per heavy atom. The Morgan fingerprint density at radius 1 is 1.04 bits per heavy atom. The van der Waals surface area contributed by atoms with Gasteiger partial charge in [-0.15, -0.1) is 11.3 Å². The summed E-state index contributed by atoms with van der Waals surface area (Å²) in [6.45, 7) is 2.04. The molecular weight excluding hydrogens is 352 g/mol. The first-order valence-electron chi connectivity index (χ1n) is 8.99. The maximum absolute atomic E-state index is 13.0. The van der Waals surface area contributed by atoms with E-state index in [9.17, 15) is 4.79 Å². The van der Waals surface area contributed by atoms with Crippen LogP contribution in [0.4, 0.5) is 0 Å². The number of amides is 1. The van der Waals surface area contributed by atoms with Gasteiger partial charge >= 0.3 is 0 Å². The SMILES string of the molecule is C[C@@H](Cc1cccs1)NC(=O)c1cc(-c2ccccc2)nc2ccccc12. The molecule has 0 spiro atoms. The second-order valence-corrected chi connectivity index (χ2v) is 7.63. The molecule has 2 aromatic heterocycles. The summed E-state index contributed by atoms with van der Waals surface area (Å²) in [5.74, 6) is -0.0603. The zero-order chi connectivity index (χ0) is 18.6. The molecule has 4 aromatic rings. The minimum Gasteiger partial charge on any atom is -0.349 e. The molecule has 134 valence electrons. The van der Waals surface area contributed by atoms with Crippen LogP contribution in [-0.2, 0) is 6.42 Å². The number of nitrogens with zero attached hydrogens (tertiary/aromatic N) is 1. The molecule has 0 aliphatic heterocycles. The van der Waals surface area contributed by atoms with Gasteiger partial charge in [0.2, 0.25) is 0 Å². The maximum Gasteiger partial charge on any atom is 0.252 e. The van der Waals surface area contributed by atoms with Crippen LogP contribution in [0.15, 0.2) is 78.2 Å². The summed E-state index contributed by atoms with van der Waals surface area (Å²) in [7, 11) is 0. The van der Waals surface area contributed by atoms with Crippen LogP contribution in [0.1, 0.15) is 22.2 Å². The smallest absolute Gasteiger partial charge is 0.252 e. The highest BCUT2D eigenvalue weighted by molar-refractivity contribution is 7.09. The van der Waals surface area contributed by atoms with Crippen molar-refractivity contribution in [2.75, 3.05) is 0 Å². The van der Waals surface area contributed by atoms with Crippen LogP contribution in [0.3, 0.4) is 0 Å². The van der Waals surface area contributed by atoms with Gasteiger partial charge in [-0.25, -0.2) is 4.98 Å². The summed E-state index contributed by atoms with van der Waals surface area (Å²) in [5.41, 5.74) is 3.31. The van der Waals surface area contributed by atoms with Gasteiger partial charge in [0.1, 0.15) is 0 Å². The van der Waals surface area contributed by atoms with Crippen molar-refractivity contribution in [1.29, 1.82) is 0 Å². The molecule has 2 aromatic carbocycles. The number of benzene rings is 2. The Bertz CT molecular complexity index is 1060. The molecule has 4 rings (SSSR count). The molecular formula is C23H20N2OS. The molecule has 0 aliphatic rings. The number of thiophene rings is 1. The van der Waals surface area contributed by atoms with Crippen molar-refractivity contribution in [3.8, 4) is 11.3 Å². The average Bonchev–Trinajstić information content (AvgIpc) is 3.20. The van der Waals surface area contributed by atoms with Crippen molar-refractivity contribution in [3.63, 3.8) is 0 Å². The van der Waals surface area contributed by atoms with Crippen LogP contribution in [0.25, 0.3) is 22.2 Å². The predicted octanol–water partition coefficient (Wildman–Crippen LogP) is 5.32. The van der Waals surface area contributed by atoms with Crippen molar-refractivity contribution in [3.05, 3.63) is 88.6 Å². The highest BCUT2D eigenvalue weighted by Gasteiger charge is 2.16. The first-order valence-corrected chi connectivity index (χ1v) is 9.87. The number of fused-ring (bicyclic) bond motifs is 1. The van der Waals surface area contributed by atoms with Gasteiger partial charge in [-0.1, -0.05) is 54.6 Å². The summed E-state index contributed by atoms with van der Waals surface area (Å²) in [5, 5.41) is 6.08. The van der Waals surface area contributed by atoms with Crippen LogP contribution in [0.2, 0.25) is 0 Å². The molecule has 0 saturated heterocycles. The minimum atomic E-state index is -0.0603. The Kier molecular flexibility index (Phi) is 4.99. The van der Waals surface area contributed by atoms with E-state index >= 15 is 0 Å². The Morgan fingerprint density at radius 3 is 2.59 bits per heavy atom. The second-order valence-electron chi connectivity index (χ2n) is 6.60. The quantitative estimate of drug-likeness (QED) is 0.515. The zero-order valence-electron chi connectivity index (χ0n) is 15.1. The lowest BCUT2D eigenvalue weighted by molar-refractivity contribution is 0.0942. The summed E-state index contributed by atoms with van der Waals surface area (Å²) >= 11 is 1.72. The van der Waals surface area contributed by atoms with Gasteiger partial charge in [-0.2, -0.15) is 0 Å². The van der Waals surface area contributed by atoms with E-state index in [1.807, 2.05) is 73.7 Å². The number of carbonyl (C=O) groups excluding carboxylic acids is 1. The first kappa shape index (κ1) is 17.4. The third-order valence-electron chi connectivity index (χ3n) is 4.50. The zero-order valence-corrected chi connectivity index (χ0v) is 15.9. The number of nitrogens with one attached hydrogen (secondary N) is 1. The van der Waals surface area contributed by atoms with Gasteiger partial charge in [0.15, 0.2) is 0 Å². The Balaban J connectivity index is 1.68. The molecule has 0 fully saturated rings. The number of aromatic nitrogens is 1. The van der Waals surface area contributed by atoms with E-state index in [2.05, 4.69) is 16.8 Å². The van der Waals surface area contributed by atoms with Crippen molar-refractivity contribution < 1.29 is 4.79 Å². The Hall–Kier alpha value is -2.98. The summed E-state index contributed by atoms with van der Waals surface area (Å²) in [6.07, 6.45) is 0.831. The normalized spacial score (nSPS) is 12.0. The summed E-state index contributed by atoms with van der Waals surface area (Å²) in [4.78, 5) is 19.1. The molecule has 1 N–H and O–H groups in total. The molecule has 0 saturated carbocycles. The van der Waals surface area contributed by atoms with E-state index in [0.717, 1.165) is 28.6 Å². The van der Waals surface area contributed by atoms with E-state index in [0.29, 0.717) is 5.56 Å². The van der Waals surface area contributed by atoms with Gasteiger partial charge in [-0.3, -0.25) is 4.79 Å². The summed E-state index contributed by atoms with van der Waals surface area (Å²) in [6, 6.07) is 23.9. The van der Waals surface area contributed by atoms with Crippen molar-refractivity contribution in [2.24, 2.45) is 0 Å². The molecule has 27 heavy (non-hydrogen) atoms. The fourth-order valence-electron chi connectivity index (χ4n) is 3.20. The van der Waals surface area contributed by atoms with Crippen LogP contribution < -0.4 is 5.32 Å². The average molecular weight is 372 g/mol. The van der Waals surface area contributed by atoms with E-state index in [1.54, 1.807) is 11.3 Å². The molecule has 0 unspecified atom stereocenters. The lowest BCUT2D eigenvalue weighted by Crippen LogP contribution is -2.34. The number of hydrogen-bond donors (Lipinski definition) is 1. The minimum absolute atomic E-state index is 0.0586. The first-order chi connectivity index (χ1) is 13.2. The molecule has 4 heteroatoms. The number of hydrogen-bond acceptors (Lipinski definition) is 3. The highest BCUT2D eigenvalue weighted by Crippen LogP contribution is 2.25. The standard InChI is InChI=1S/C23H20N2OS/c1-16(14-18-10-7-13-27-18)24-23(26)20-15-22(17-8-3-2-4-9-17)25-21-12-6-5-11-19(20)21/h2-13,15-16H,14H2,1H3,(H,24,26)/t16-/m0/s1. The number of pyridine rings is 1. The van der Waals surface area contributed by atoms with Crippen LogP contribution in [0, 0.1) is 0 Å². The van der Waals surface area contributed by atoms with E-state index in [-0.39, 0.29) is 11.9 Å². The van der Waals surface area contributed by atoms with Crippen molar-refractivity contribution in [1.82, 2.24) is 10.3 Å². The monoisotopic (exact) mass is 372 g/mol. The number of para-hydroxylation sites is 1. The molecule has 0 bridgehead atoms. The highest BCUT2D eigenvalue weighted by atomic mass is 32.1. The van der Waals surface area contributed by atoms with E-state index in [1.165, 1.54) is 4.88 Å². The third kappa shape index (κ3) is 3.91. The van der Waals surface area contributed by atoms with Crippen molar-refractivity contribution in [2.45, 2.75) is 19.4 Å². The lowest BCUT2D eigenvalue weighted by Gasteiger charge is -2.15. The molecule has 0 radical (unpaired) electrons. The fraction of sp³-hybridized carbons (Fsp3) is 0.130. The van der Waals surface area contributed by atoms with Crippen LogP contribution in [0.5, 0.6) is 0 Å². The van der Waals surface area contributed by atoms with E-state index in [4.69, 9.17) is 4.98 Å². The number of carbonyl (C=O) groups is 1. The van der Waals surface area contributed by atoms with Gasteiger partial charge in [0.25, 0.3) is 5.91 Å². The van der Waals surface area contributed by atoms with Gasteiger partial charge in [-0.05, 0) is 30.5 Å². The summed E-state index contributed by atoms with van der Waals surface area (Å²) < 4.78 is 0. The molecule has 2 heterocycles. The topological polar surface area (TPSA) is 42.0 Å². The van der Waals surface area contributed by atoms with Crippen LogP contribution >= 0.6 is 11.3 Å². The van der Waals surface area contributed by atoms with E-state index < -0.39 is 0 Å². The lowest BCUT2D eigenvalue weighted by atomic mass is 10.0. The Labute approximate surface area is 162 Å². The largest absolute Gasteiger partial charge is 0.349 e. The number of rotatable bonds is 5. The fourth-order valence-corrected chi connectivity index (χ4v) is 4.04. The molecule has 1 atom stereocenters. The van der Waals surface area contributed by atoms with Crippen molar-refractivity contribution >= 4 is 28.1 Å². The van der Waals surface area contributed by atoms with Gasteiger partial charge < -0.3 is 5.32 Å². The van der Waals surface area contributed by atoms with Gasteiger partial charge in [0.05, 0.1) is 16.8 Å².